The van der Waals surface area contributed by atoms with Crippen LogP contribution in [0.5, 0.6) is 0 Å². The molecular formula is C16H15ClN3O2-. The molecule has 0 aliphatic rings. The summed E-state index contributed by atoms with van der Waals surface area (Å²) in [7, 11) is 0. The number of benzene rings is 2. The van der Waals surface area contributed by atoms with Gasteiger partial charge in [-0.3, -0.25) is 4.79 Å². The van der Waals surface area contributed by atoms with Gasteiger partial charge in [0.15, 0.2) is 5.82 Å². The Labute approximate surface area is 134 Å². The number of nitrogens with one attached hydrogen (secondary N) is 1. The molecule has 1 heterocycles. The van der Waals surface area contributed by atoms with Crippen molar-refractivity contribution in [2.45, 2.75) is 0 Å². The van der Waals surface area contributed by atoms with Gasteiger partial charge < -0.3 is 22.8 Å². The van der Waals surface area contributed by atoms with Crippen molar-refractivity contribution >= 4 is 22.7 Å². The summed E-state index contributed by atoms with van der Waals surface area (Å²) in [6.45, 7) is -0.185. The average Bonchev–Trinajstić information content (AvgIpc) is 2.53. The van der Waals surface area contributed by atoms with Crippen molar-refractivity contribution in [3.8, 4) is 11.4 Å². The number of hydrogen-bond donors (Lipinski definition) is 2. The molecular weight excluding hydrogens is 302 g/mol. The van der Waals surface area contributed by atoms with Crippen LogP contribution in [0.25, 0.3) is 22.3 Å². The fourth-order valence-electron chi connectivity index (χ4n) is 2.09. The fraction of sp³-hybridized carbons (Fsp3) is 0.0625. The Kier molecular flexibility index (Phi) is 4.91. The van der Waals surface area contributed by atoms with Crippen LogP contribution >= 0.6 is 0 Å². The molecule has 5 nitrogen and oxygen atoms in total. The smallest absolute Gasteiger partial charge is 0.322 e. The lowest BCUT2D eigenvalue weighted by Crippen LogP contribution is -3.00. The van der Waals surface area contributed by atoms with Crippen molar-refractivity contribution in [2.24, 2.45) is 0 Å². The Morgan fingerprint density at radius 3 is 2.45 bits per heavy atom. The summed E-state index contributed by atoms with van der Waals surface area (Å²) in [4.78, 5) is 19.7. The SMILES string of the molecule is O=C(O)CNc1nc(-c2ccccc2)nc2ccccc12.[Cl-].[HH]. The number of anilines is 1. The second-order valence-corrected chi connectivity index (χ2v) is 4.53. The van der Waals surface area contributed by atoms with E-state index in [4.69, 9.17) is 5.11 Å². The molecule has 0 fully saturated rings. The van der Waals surface area contributed by atoms with Gasteiger partial charge in [-0.1, -0.05) is 42.5 Å². The second kappa shape index (κ2) is 6.87. The van der Waals surface area contributed by atoms with Crippen molar-refractivity contribution < 1.29 is 23.7 Å². The molecule has 3 aromatic rings. The van der Waals surface area contributed by atoms with E-state index in [2.05, 4.69) is 15.3 Å². The highest BCUT2D eigenvalue weighted by atomic mass is 35.5. The number of carbonyl (C=O) groups is 1. The van der Waals surface area contributed by atoms with Crippen LogP contribution in [0.2, 0.25) is 0 Å². The summed E-state index contributed by atoms with van der Waals surface area (Å²) in [5, 5.41) is 12.5. The van der Waals surface area contributed by atoms with Gasteiger partial charge in [0, 0.05) is 12.4 Å². The molecule has 22 heavy (non-hydrogen) atoms. The van der Waals surface area contributed by atoms with E-state index in [1.807, 2.05) is 54.6 Å². The molecule has 0 radical (unpaired) electrons. The average molecular weight is 317 g/mol. The number of rotatable bonds is 4. The van der Waals surface area contributed by atoms with Gasteiger partial charge in [-0.25, -0.2) is 9.97 Å². The lowest BCUT2D eigenvalue weighted by molar-refractivity contribution is -0.134. The summed E-state index contributed by atoms with van der Waals surface area (Å²) in [6, 6.07) is 17.1. The molecule has 0 amide bonds. The van der Waals surface area contributed by atoms with Gasteiger partial charge in [0.1, 0.15) is 12.4 Å². The van der Waals surface area contributed by atoms with Crippen LogP contribution in [0.4, 0.5) is 5.82 Å². The number of carboxylic acids is 1. The lowest BCUT2D eigenvalue weighted by Gasteiger charge is -2.09. The van der Waals surface area contributed by atoms with E-state index in [1.54, 1.807) is 0 Å². The van der Waals surface area contributed by atoms with Gasteiger partial charge in [0.2, 0.25) is 0 Å². The van der Waals surface area contributed by atoms with Gasteiger partial charge in [-0.05, 0) is 12.1 Å². The fourth-order valence-corrected chi connectivity index (χ4v) is 2.09. The number of para-hydroxylation sites is 1. The minimum atomic E-state index is -0.932. The molecule has 0 atom stereocenters. The van der Waals surface area contributed by atoms with Crippen LogP contribution in [-0.2, 0) is 4.79 Å². The summed E-state index contributed by atoms with van der Waals surface area (Å²) >= 11 is 0. The van der Waals surface area contributed by atoms with Gasteiger partial charge in [0.05, 0.1) is 5.52 Å². The molecule has 114 valence electrons. The van der Waals surface area contributed by atoms with Gasteiger partial charge in [-0.2, -0.15) is 0 Å². The van der Waals surface area contributed by atoms with Crippen LogP contribution < -0.4 is 17.7 Å². The zero-order valence-corrected chi connectivity index (χ0v) is 12.3. The normalized spacial score (nSPS) is 10.0. The van der Waals surface area contributed by atoms with Crippen LogP contribution in [0.15, 0.2) is 54.6 Å². The maximum atomic E-state index is 10.8. The number of aromatic nitrogens is 2. The van der Waals surface area contributed by atoms with Crippen molar-refractivity contribution in [3.05, 3.63) is 54.6 Å². The maximum absolute atomic E-state index is 10.8. The highest BCUT2D eigenvalue weighted by Crippen LogP contribution is 2.24. The topological polar surface area (TPSA) is 75.1 Å². The monoisotopic (exact) mass is 316 g/mol. The molecule has 6 heteroatoms. The molecule has 0 aliphatic carbocycles. The molecule has 0 bridgehead atoms. The Morgan fingerprint density at radius 2 is 1.73 bits per heavy atom. The molecule has 0 spiro atoms. The van der Waals surface area contributed by atoms with E-state index in [0.717, 1.165) is 16.5 Å². The third-order valence-corrected chi connectivity index (χ3v) is 3.04. The molecule has 0 unspecified atom stereocenters. The number of carboxylic acid groups (broad SMARTS) is 1. The zero-order valence-electron chi connectivity index (χ0n) is 11.5. The largest absolute Gasteiger partial charge is 1.00 e. The number of aliphatic carboxylic acids is 1. The first-order chi connectivity index (χ1) is 10.2. The minimum Gasteiger partial charge on any atom is -1.00 e. The quantitative estimate of drug-likeness (QED) is 0.711. The van der Waals surface area contributed by atoms with E-state index in [1.165, 1.54) is 0 Å². The number of fused-ring (bicyclic) bond motifs is 1. The van der Waals surface area contributed by atoms with E-state index in [9.17, 15) is 4.79 Å². The first-order valence-corrected chi connectivity index (χ1v) is 6.52. The second-order valence-electron chi connectivity index (χ2n) is 4.53. The summed E-state index contributed by atoms with van der Waals surface area (Å²) in [5.41, 5.74) is 1.67. The van der Waals surface area contributed by atoms with E-state index < -0.39 is 5.97 Å². The molecule has 0 saturated heterocycles. The highest BCUT2D eigenvalue weighted by molar-refractivity contribution is 5.91. The van der Waals surface area contributed by atoms with Crippen LogP contribution in [0.1, 0.15) is 1.43 Å². The molecule has 0 saturated carbocycles. The van der Waals surface area contributed by atoms with Gasteiger partial charge in [-0.15, -0.1) is 0 Å². The third kappa shape index (κ3) is 3.32. The number of nitrogens with zero attached hydrogens (tertiary/aromatic N) is 2. The van der Waals surface area contributed by atoms with E-state index >= 15 is 0 Å². The molecule has 0 aliphatic heterocycles. The first-order valence-electron chi connectivity index (χ1n) is 6.52. The summed E-state index contributed by atoms with van der Waals surface area (Å²) < 4.78 is 0. The zero-order chi connectivity index (χ0) is 14.7. The van der Waals surface area contributed by atoms with Crippen LogP contribution in [0.3, 0.4) is 0 Å². The number of hydrogen-bond acceptors (Lipinski definition) is 4. The van der Waals surface area contributed by atoms with Crippen molar-refractivity contribution in [1.82, 2.24) is 9.97 Å². The predicted octanol–water partition coefficient (Wildman–Crippen LogP) is 0.0433. The Bertz CT molecular complexity index is 800. The van der Waals surface area contributed by atoms with E-state index in [0.29, 0.717) is 11.6 Å². The molecule has 3 rings (SSSR count). The summed E-state index contributed by atoms with van der Waals surface area (Å²) in [6.07, 6.45) is 0. The highest BCUT2D eigenvalue weighted by Gasteiger charge is 2.09. The van der Waals surface area contributed by atoms with Crippen molar-refractivity contribution in [1.29, 1.82) is 0 Å². The van der Waals surface area contributed by atoms with E-state index in [-0.39, 0.29) is 20.4 Å². The Balaban J connectivity index is 0.00000132. The van der Waals surface area contributed by atoms with Gasteiger partial charge >= 0.3 is 5.97 Å². The standard InChI is InChI=1S/C16H13N3O2.ClH.H2/c20-14(21)10-17-16-12-8-4-5-9-13(12)18-15(19-16)11-6-2-1-3-7-11;;/h1-9H,10H2,(H,20,21)(H,17,18,19);2*1H/p-1. The van der Waals surface area contributed by atoms with Crippen LogP contribution in [-0.4, -0.2) is 27.6 Å². The van der Waals surface area contributed by atoms with Crippen molar-refractivity contribution in [3.63, 3.8) is 0 Å². The molecule has 1 aromatic heterocycles. The lowest BCUT2D eigenvalue weighted by atomic mass is 10.2. The summed E-state index contributed by atoms with van der Waals surface area (Å²) in [5.74, 6) is 0.169. The van der Waals surface area contributed by atoms with Crippen molar-refractivity contribution in [2.75, 3.05) is 11.9 Å². The minimum absolute atomic E-state index is 0. The predicted molar refractivity (Wildman–Crippen MR) is 83.2 cm³/mol. The Morgan fingerprint density at radius 1 is 1.05 bits per heavy atom. The number of halogens is 1. The van der Waals surface area contributed by atoms with Gasteiger partial charge in [0.25, 0.3) is 0 Å². The molecule has 2 N–H and O–H groups in total. The van der Waals surface area contributed by atoms with Crippen LogP contribution in [0, 0.1) is 0 Å². The maximum Gasteiger partial charge on any atom is 0.322 e. The Hall–Kier alpha value is -2.66. The first kappa shape index (κ1) is 15.7. The molecule has 2 aromatic carbocycles. The third-order valence-electron chi connectivity index (χ3n) is 3.04.